The SMILES string of the molecule is CN(CC1CCNCC1)c1ccc2[nH]c(=O)oc2c1. The largest absolute Gasteiger partial charge is 0.417 e. The molecule has 1 aliphatic heterocycles. The van der Waals surface area contributed by atoms with Gasteiger partial charge in [-0.05, 0) is 44.0 Å². The number of nitrogens with zero attached hydrogens (tertiary/aromatic N) is 1. The predicted molar refractivity (Wildman–Crippen MR) is 75.7 cm³/mol. The van der Waals surface area contributed by atoms with Crippen molar-refractivity contribution < 1.29 is 4.42 Å². The van der Waals surface area contributed by atoms with E-state index in [1.54, 1.807) is 0 Å². The quantitative estimate of drug-likeness (QED) is 0.880. The lowest BCUT2D eigenvalue weighted by Crippen LogP contribution is -2.34. The molecule has 1 aromatic heterocycles. The minimum Gasteiger partial charge on any atom is -0.408 e. The second-order valence-electron chi connectivity index (χ2n) is 5.27. The first kappa shape index (κ1) is 12.3. The van der Waals surface area contributed by atoms with Crippen LogP contribution in [0.5, 0.6) is 0 Å². The Balaban J connectivity index is 1.76. The summed E-state index contributed by atoms with van der Waals surface area (Å²) >= 11 is 0. The van der Waals surface area contributed by atoms with Gasteiger partial charge in [-0.2, -0.15) is 0 Å². The fraction of sp³-hybridized carbons (Fsp3) is 0.500. The zero-order valence-electron chi connectivity index (χ0n) is 11.1. The van der Waals surface area contributed by atoms with Crippen LogP contribution >= 0.6 is 0 Å². The molecule has 5 heteroatoms. The molecule has 2 N–H and O–H groups in total. The van der Waals surface area contributed by atoms with Crippen LogP contribution in [0, 0.1) is 5.92 Å². The second kappa shape index (κ2) is 5.09. The third kappa shape index (κ3) is 2.66. The Morgan fingerprint density at radius 3 is 2.95 bits per heavy atom. The number of nitrogens with one attached hydrogen (secondary N) is 2. The van der Waals surface area contributed by atoms with Crippen molar-refractivity contribution in [2.24, 2.45) is 5.92 Å². The Morgan fingerprint density at radius 1 is 1.37 bits per heavy atom. The van der Waals surface area contributed by atoms with Crippen LogP contribution in [0.2, 0.25) is 0 Å². The minimum atomic E-state index is -0.395. The number of benzene rings is 1. The van der Waals surface area contributed by atoms with Crippen molar-refractivity contribution in [3.63, 3.8) is 0 Å². The Hall–Kier alpha value is -1.75. The molecular formula is C14H19N3O2. The topological polar surface area (TPSA) is 61.3 Å². The summed E-state index contributed by atoms with van der Waals surface area (Å²) in [6.07, 6.45) is 2.46. The van der Waals surface area contributed by atoms with Crippen molar-refractivity contribution in [3.05, 3.63) is 28.7 Å². The van der Waals surface area contributed by atoms with Crippen molar-refractivity contribution in [2.75, 3.05) is 31.6 Å². The van der Waals surface area contributed by atoms with Gasteiger partial charge >= 0.3 is 5.76 Å². The molecule has 0 radical (unpaired) electrons. The number of piperidine rings is 1. The molecule has 3 rings (SSSR count). The first-order valence-corrected chi connectivity index (χ1v) is 6.77. The van der Waals surface area contributed by atoms with E-state index in [1.807, 2.05) is 18.2 Å². The van der Waals surface area contributed by atoms with E-state index in [0.717, 1.165) is 36.8 Å². The van der Waals surface area contributed by atoms with Crippen LogP contribution < -0.4 is 16.0 Å². The summed E-state index contributed by atoms with van der Waals surface area (Å²) in [5.74, 6) is 0.341. The maximum atomic E-state index is 11.1. The van der Waals surface area contributed by atoms with Gasteiger partial charge in [0.15, 0.2) is 5.58 Å². The monoisotopic (exact) mass is 261 g/mol. The lowest BCUT2D eigenvalue weighted by Gasteiger charge is -2.28. The van der Waals surface area contributed by atoms with Crippen LogP contribution in [0.1, 0.15) is 12.8 Å². The van der Waals surface area contributed by atoms with Crippen LogP contribution in [0.25, 0.3) is 11.1 Å². The van der Waals surface area contributed by atoms with E-state index < -0.39 is 5.76 Å². The maximum absolute atomic E-state index is 11.1. The van der Waals surface area contributed by atoms with Crippen LogP contribution in [0.4, 0.5) is 5.69 Å². The Kier molecular flexibility index (Phi) is 3.29. The first-order valence-electron chi connectivity index (χ1n) is 6.77. The number of anilines is 1. The summed E-state index contributed by atoms with van der Waals surface area (Å²) < 4.78 is 5.10. The molecule has 102 valence electrons. The average molecular weight is 261 g/mol. The molecule has 0 amide bonds. The van der Waals surface area contributed by atoms with Crippen LogP contribution in [-0.2, 0) is 0 Å². The molecule has 1 fully saturated rings. The van der Waals surface area contributed by atoms with E-state index in [4.69, 9.17) is 4.42 Å². The number of hydrogen-bond donors (Lipinski definition) is 2. The summed E-state index contributed by atoms with van der Waals surface area (Å²) in [7, 11) is 2.09. The van der Waals surface area contributed by atoms with E-state index in [-0.39, 0.29) is 0 Å². The van der Waals surface area contributed by atoms with Gasteiger partial charge in [-0.1, -0.05) is 0 Å². The van der Waals surface area contributed by atoms with Crippen LogP contribution in [0.3, 0.4) is 0 Å². The number of aromatic nitrogens is 1. The van der Waals surface area contributed by atoms with Gasteiger partial charge in [0.2, 0.25) is 0 Å². The zero-order valence-corrected chi connectivity index (χ0v) is 11.1. The molecule has 1 saturated heterocycles. The van der Waals surface area contributed by atoms with Crippen molar-refractivity contribution in [2.45, 2.75) is 12.8 Å². The molecule has 2 aromatic rings. The highest BCUT2D eigenvalue weighted by Crippen LogP contribution is 2.22. The van der Waals surface area contributed by atoms with E-state index in [2.05, 4.69) is 22.2 Å². The molecule has 0 saturated carbocycles. The van der Waals surface area contributed by atoms with Crippen molar-refractivity contribution in [1.82, 2.24) is 10.3 Å². The average Bonchev–Trinajstić information content (AvgIpc) is 2.78. The van der Waals surface area contributed by atoms with Crippen molar-refractivity contribution >= 4 is 16.8 Å². The molecule has 1 aromatic carbocycles. The number of H-pyrrole nitrogens is 1. The summed E-state index contributed by atoms with van der Waals surface area (Å²) in [5.41, 5.74) is 2.47. The second-order valence-corrected chi connectivity index (χ2v) is 5.27. The molecule has 0 spiro atoms. The molecule has 1 aliphatic rings. The van der Waals surface area contributed by atoms with E-state index in [0.29, 0.717) is 5.58 Å². The maximum Gasteiger partial charge on any atom is 0.417 e. The van der Waals surface area contributed by atoms with Gasteiger partial charge in [-0.3, -0.25) is 4.98 Å². The van der Waals surface area contributed by atoms with Gasteiger partial charge in [0, 0.05) is 25.3 Å². The highest BCUT2D eigenvalue weighted by Gasteiger charge is 2.15. The molecule has 0 unspecified atom stereocenters. The standard InChI is InChI=1S/C14H19N3O2/c1-17(9-10-4-6-15-7-5-10)11-2-3-12-13(8-11)19-14(18)16-12/h2-3,8,10,15H,4-7,9H2,1H3,(H,16,18). The highest BCUT2D eigenvalue weighted by atomic mass is 16.4. The Morgan fingerprint density at radius 2 is 2.16 bits per heavy atom. The van der Waals surface area contributed by atoms with Gasteiger partial charge in [0.1, 0.15) is 0 Å². The zero-order chi connectivity index (χ0) is 13.2. The van der Waals surface area contributed by atoms with E-state index in [1.165, 1.54) is 12.8 Å². The van der Waals surface area contributed by atoms with Crippen molar-refractivity contribution in [1.29, 1.82) is 0 Å². The molecule has 0 bridgehead atoms. The van der Waals surface area contributed by atoms with Crippen molar-refractivity contribution in [3.8, 4) is 0 Å². The van der Waals surface area contributed by atoms with E-state index in [9.17, 15) is 4.79 Å². The molecule has 19 heavy (non-hydrogen) atoms. The van der Waals surface area contributed by atoms with Gasteiger partial charge in [-0.15, -0.1) is 0 Å². The molecular weight excluding hydrogens is 242 g/mol. The minimum absolute atomic E-state index is 0.395. The smallest absolute Gasteiger partial charge is 0.408 e. The number of hydrogen-bond acceptors (Lipinski definition) is 4. The predicted octanol–water partition coefficient (Wildman–Crippen LogP) is 1.56. The number of fused-ring (bicyclic) bond motifs is 1. The normalized spacial score (nSPS) is 16.9. The first-order chi connectivity index (χ1) is 9.22. The fourth-order valence-corrected chi connectivity index (χ4v) is 2.73. The summed E-state index contributed by atoms with van der Waals surface area (Å²) in [5, 5.41) is 3.38. The Bertz CT molecular complexity index is 610. The number of aromatic amines is 1. The lowest BCUT2D eigenvalue weighted by atomic mass is 9.97. The molecule has 0 atom stereocenters. The third-order valence-electron chi connectivity index (χ3n) is 3.84. The Labute approximate surface area is 111 Å². The van der Waals surface area contributed by atoms with Crippen LogP contribution in [0.15, 0.2) is 27.4 Å². The van der Waals surface area contributed by atoms with Gasteiger partial charge < -0.3 is 14.6 Å². The summed E-state index contributed by atoms with van der Waals surface area (Å²) in [4.78, 5) is 16.0. The third-order valence-corrected chi connectivity index (χ3v) is 3.84. The molecule has 0 aliphatic carbocycles. The van der Waals surface area contributed by atoms with E-state index >= 15 is 0 Å². The van der Waals surface area contributed by atoms with Crippen LogP contribution in [-0.4, -0.2) is 31.7 Å². The summed E-state index contributed by atoms with van der Waals surface area (Å²) in [6.45, 7) is 3.27. The van der Waals surface area contributed by atoms with Gasteiger partial charge in [-0.25, -0.2) is 4.79 Å². The fourth-order valence-electron chi connectivity index (χ4n) is 2.73. The number of oxazole rings is 1. The number of rotatable bonds is 3. The van der Waals surface area contributed by atoms with Gasteiger partial charge in [0.05, 0.1) is 5.52 Å². The molecule has 5 nitrogen and oxygen atoms in total. The highest BCUT2D eigenvalue weighted by molar-refractivity contribution is 5.76. The van der Waals surface area contributed by atoms with Gasteiger partial charge in [0.25, 0.3) is 0 Å². The lowest BCUT2D eigenvalue weighted by molar-refractivity contribution is 0.378. The summed E-state index contributed by atoms with van der Waals surface area (Å²) in [6, 6.07) is 5.84. The molecule has 2 heterocycles.